The van der Waals surface area contributed by atoms with Crippen LogP contribution in [0.4, 0.5) is 11.4 Å². The molecule has 0 saturated carbocycles. The van der Waals surface area contributed by atoms with Crippen LogP contribution in [0.25, 0.3) is 6.08 Å². The van der Waals surface area contributed by atoms with E-state index in [4.69, 9.17) is 20.8 Å². The minimum atomic E-state index is -0.837. The maximum absolute atomic E-state index is 13.3. The van der Waals surface area contributed by atoms with Crippen molar-refractivity contribution < 1.29 is 28.3 Å². The van der Waals surface area contributed by atoms with Crippen molar-refractivity contribution in [2.45, 2.75) is 13.5 Å². The lowest BCUT2D eigenvalue weighted by molar-refractivity contribution is -0.136. The van der Waals surface area contributed by atoms with Crippen molar-refractivity contribution >= 4 is 52.7 Å². The number of carbonyl (C=O) groups is 4. The first-order valence-electron chi connectivity index (χ1n) is 11.1. The van der Waals surface area contributed by atoms with Gasteiger partial charge in [-0.1, -0.05) is 29.8 Å². The molecule has 3 aromatic rings. The van der Waals surface area contributed by atoms with E-state index in [0.717, 1.165) is 0 Å². The number of esters is 1. The molecule has 2 heterocycles. The molecule has 0 saturated heterocycles. The SMILES string of the molecule is COC(=O)C1=C(C)N(c2ccc(Cl)cc2)C(=O)/C1=C/c1ccc(CNC(=O)C(=O)Nc2ccccc2)o1. The van der Waals surface area contributed by atoms with Gasteiger partial charge < -0.3 is 19.8 Å². The van der Waals surface area contributed by atoms with Crippen LogP contribution in [0, 0.1) is 0 Å². The maximum Gasteiger partial charge on any atom is 0.340 e. The number of halogens is 1. The highest BCUT2D eigenvalue weighted by Gasteiger charge is 2.38. The molecule has 0 unspecified atom stereocenters. The molecule has 0 spiro atoms. The van der Waals surface area contributed by atoms with Gasteiger partial charge in [-0.2, -0.15) is 0 Å². The molecular weight excluding hydrogens is 498 g/mol. The zero-order valence-electron chi connectivity index (χ0n) is 19.9. The predicted octanol–water partition coefficient (Wildman–Crippen LogP) is 4.07. The Morgan fingerprint density at radius 2 is 1.70 bits per heavy atom. The molecule has 2 N–H and O–H groups in total. The van der Waals surface area contributed by atoms with Gasteiger partial charge in [0.1, 0.15) is 11.5 Å². The Morgan fingerprint density at radius 1 is 1.00 bits per heavy atom. The van der Waals surface area contributed by atoms with Gasteiger partial charge in [-0.25, -0.2) is 4.79 Å². The average molecular weight is 520 g/mol. The molecule has 1 aliphatic rings. The number of carbonyl (C=O) groups excluding carboxylic acids is 4. The number of ether oxygens (including phenoxy) is 1. The summed E-state index contributed by atoms with van der Waals surface area (Å²) in [5.41, 5.74) is 1.62. The number of amides is 3. The molecule has 0 radical (unpaired) electrons. The van der Waals surface area contributed by atoms with E-state index in [1.54, 1.807) is 73.7 Å². The smallest absolute Gasteiger partial charge is 0.340 e. The predicted molar refractivity (Wildman–Crippen MR) is 137 cm³/mol. The summed E-state index contributed by atoms with van der Waals surface area (Å²) in [6.45, 7) is 1.58. The number of benzene rings is 2. The first-order chi connectivity index (χ1) is 17.8. The first kappa shape index (κ1) is 25.5. The van der Waals surface area contributed by atoms with Crippen molar-refractivity contribution in [2.24, 2.45) is 0 Å². The average Bonchev–Trinajstić information content (AvgIpc) is 3.45. The second-order valence-electron chi connectivity index (χ2n) is 7.93. The van der Waals surface area contributed by atoms with Crippen LogP contribution in [0.15, 0.2) is 88.0 Å². The molecule has 0 atom stereocenters. The number of nitrogens with one attached hydrogen (secondary N) is 2. The van der Waals surface area contributed by atoms with Crippen LogP contribution in [-0.2, 0) is 30.5 Å². The van der Waals surface area contributed by atoms with Crippen molar-refractivity contribution in [3.05, 3.63) is 100 Å². The first-order valence-corrected chi connectivity index (χ1v) is 11.5. The van der Waals surface area contributed by atoms with E-state index >= 15 is 0 Å². The van der Waals surface area contributed by atoms with Crippen LogP contribution in [0.5, 0.6) is 0 Å². The topological polar surface area (TPSA) is 118 Å². The molecule has 1 aliphatic heterocycles. The van der Waals surface area contributed by atoms with Crippen LogP contribution < -0.4 is 15.5 Å². The number of anilines is 2. The van der Waals surface area contributed by atoms with E-state index in [0.29, 0.717) is 27.9 Å². The zero-order valence-corrected chi connectivity index (χ0v) is 20.7. The molecule has 0 fully saturated rings. The summed E-state index contributed by atoms with van der Waals surface area (Å²) in [5.74, 6) is -2.15. The van der Waals surface area contributed by atoms with Gasteiger partial charge in [0.2, 0.25) is 0 Å². The lowest BCUT2D eigenvalue weighted by Crippen LogP contribution is -2.34. The van der Waals surface area contributed by atoms with E-state index in [9.17, 15) is 19.2 Å². The normalized spacial score (nSPS) is 14.2. The van der Waals surface area contributed by atoms with Crippen LogP contribution in [0.3, 0.4) is 0 Å². The van der Waals surface area contributed by atoms with Crippen LogP contribution in [0.1, 0.15) is 18.4 Å². The van der Waals surface area contributed by atoms with E-state index in [1.807, 2.05) is 0 Å². The second kappa shape index (κ2) is 11.0. The van der Waals surface area contributed by atoms with Gasteiger partial charge in [0.25, 0.3) is 5.91 Å². The minimum Gasteiger partial charge on any atom is -0.465 e. The standard InChI is InChI=1S/C27H22ClN3O6/c1-16-23(27(35)36-2)22(26(34)31(16)19-10-8-17(28)9-11-19)14-20-12-13-21(37-20)15-29-24(32)25(33)30-18-6-4-3-5-7-18/h3-14H,15H2,1-2H3,(H,29,32)(H,30,33)/b22-14+. The fourth-order valence-corrected chi connectivity index (χ4v) is 3.87. The van der Waals surface area contributed by atoms with Gasteiger partial charge >= 0.3 is 17.8 Å². The van der Waals surface area contributed by atoms with Gasteiger partial charge in [-0.3, -0.25) is 19.3 Å². The highest BCUT2D eigenvalue weighted by Crippen LogP contribution is 2.36. The third-order valence-corrected chi connectivity index (χ3v) is 5.76. The molecule has 9 nitrogen and oxygen atoms in total. The summed E-state index contributed by atoms with van der Waals surface area (Å²) in [5, 5.41) is 5.48. The number of furan rings is 1. The molecular formula is C27H22ClN3O6. The summed E-state index contributed by atoms with van der Waals surface area (Å²) in [4.78, 5) is 51.5. The van der Waals surface area contributed by atoms with Crippen molar-refractivity contribution in [1.82, 2.24) is 5.32 Å². The fourth-order valence-electron chi connectivity index (χ4n) is 3.75. The maximum atomic E-state index is 13.3. The van der Waals surface area contributed by atoms with E-state index in [-0.39, 0.29) is 23.5 Å². The number of hydrogen-bond donors (Lipinski definition) is 2. The van der Waals surface area contributed by atoms with Crippen LogP contribution >= 0.6 is 11.6 Å². The summed E-state index contributed by atoms with van der Waals surface area (Å²) in [6, 6.07) is 18.4. The van der Waals surface area contributed by atoms with Gasteiger partial charge in [-0.15, -0.1) is 0 Å². The van der Waals surface area contributed by atoms with Gasteiger partial charge in [0.05, 0.1) is 24.8 Å². The molecule has 0 aliphatic carbocycles. The van der Waals surface area contributed by atoms with Crippen molar-refractivity contribution in [1.29, 1.82) is 0 Å². The van der Waals surface area contributed by atoms with Crippen LogP contribution in [0.2, 0.25) is 5.02 Å². The largest absolute Gasteiger partial charge is 0.465 e. The Labute approximate surface area is 217 Å². The Morgan fingerprint density at radius 3 is 2.38 bits per heavy atom. The number of allylic oxidation sites excluding steroid dienone is 1. The molecule has 1 aromatic heterocycles. The molecule has 0 bridgehead atoms. The minimum absolute atomic E-state index is 0.0617. The number of nitrogens with zero attached hydrogens (tertiary/aromatic N) is 1. The summed E-state index contributed by atoms with van der Waals surface area (Å²) < 4.78 is 10.6. The molecule has 3 amide bonds. The Hall–Kier alpha value is -4.63. The number of hydrogen-bond acceptors (Lipinski definition) is 6. The monoisotopic (exact) mass is 519 g/mol. The second-order valence-corrected chi connectivity index (χ2v) is 8.37. The Kier molecular flexibility index (Phi) is 7.55. The van der Waals surface area contributed by atoms with E-state index < -0.39 is 23.7 Å². The van der Waals surface area contributed by atoms with Crippen molar-refractivity contribution in [2.75, 3.05) is 17.3 Å². The third-order valence-electron chi connectivity index (χ3n) is 5.50. The molecule has 188 valence electrons. The van der Waals surface area contributed by atoms with Crippen LogP contribution in [-0.4, -0.2) is 30.8 Å². The Balaban J connectivity index is 1.50. The van der Waals surface area contributed by atoms with E-state index in [1.165, 1.54) is 18.1 Å². The lowest BCUT2D eigenvalue weighted by atomic mass is 10.1. The third kappa shape index (κ3) is 5.62. The van der Waals surface area contributed by atoms with Gasteiger partial charge in [0, 0.05) is 22.1 Å². The van der Waals surface area contributed by atoms with Crippen molar-refractivity contribution in [3.63, 3.8) is 0 Å². The number of rotatable bonds is 6. The molecule has 4 rings (SSSR count). The quantitative estimate of drug-likeness (QED) is 0.288. The lowest BCUT2D eigenvalue weighted by Gasteiger charge is -2.17. The van der Waals surface area contributed by atoms with Gasteiger partial charge in [-0.05, 0) is 61.5 Å². The highest BCUT2D eigenvalue weighted by atomic mass is 35.5. The Bertz CT molecular complexity index is 1420. The number of methoxy groups -OCH3 is 1. The van der Waals surface area contributed by atoms with Crippen molar-refractivity contribution in [3.8, 4) is 0 Å². The molecule has 10 heteroatoms. The summed E-state index contributed by atoms with van der Waals surface area (Å²) >= 11 is 5.97. The number of para-hydroxylation sites is 1. The molecule has 37 heavy (non-hydrogen) atoms. The molecule has 2 aromatic carbocycles. The zero-order chi connectivity index (χ0) is 26.5. The van der Waals surface area contributed by atoms with Gasteiger partial charge in [0.15, 0.2) is 0 Å². The fraction of sp³-hybridized carbons (Fsp3) is 0.111. The van der Waals surface area contributed by atoms with E-state index in [2.05, 4.69) is 10.6 Å². The highest BCUT2D eigenvalue weighted by molar-refractivity contribution is 6.39. The summed E-state index contributed by atoms with van der Waals surface area (Å²) in [6.07, 6.45) is 1.43. The summed E-state index contributed by atoms with van der Waals surface area (Å²) in [7, 11) is 1.23.